The molecule has 0 aliphatic rings. The molecule has 0 saturated heterocycles. The zero-order valence-electron chi connectivity index (χ0n) is 16.3. The molecule has 30 heavy (non-hydrogen) atoms. The highest BCUT2D eigenvalue weighted by Crippen LogP contribution is 2.23. The maximum absolute atomic E-state index is 13.5. The lowest BCUT2D eigenvalue weighted by molar-refractivity contribution is 0.0742. The molecular weight excluding hydrogens is 430 g/mol. The fourth-order valence-electron chi connectivity index (χ4n) is 2.83. The van der Waals surface area contributed by atoms with E-state index in [1.54, 1.807) is 6.92 Å². The molecule has 0 fully saturated rings. The van der Waals surface area contributed by atoms with Crippen LogP contribution in [0.1, 0.15) is 33.8 Å². The van der Waals surface area contributed by atoms with Crippen molar-refractivity contribution in [2.45, 2.75) is 24.4 Å². The van der Waals surface area contributed by atoms with Crippen LogP contribution in [-0.4, -0.2) is 26.3 Å². The molecule has 0 aliphatic carbocycles. The first-order chi connectivity index (χ1) is 14.2. The monoisotopic (exact) mass is 450 g/mol. The second-order valence-electron chi connectivity index (χ2n) is 6.70. The van der Waals surface area contributed by atoms with E-state index in [0.29, 0.717) is 5.56 Å². The minimum atomic E-state index is -3.81. The summed E-state index contributed by atoms with van der Waals surface area (Å²) in [4.78, 5) is 15.1. The third kappa shape index (κ3) is 4.92. The first-order valence-corrected chi connectivity index (χ1v) is 11.4. The fraction of sp³-hybridized carbons (Fsp3) is 0.190. The van der Waals surface area contributed by atoms with Gasteiger partial charge in [-0.05, 0) is 54.3 Å². The van der Waals surface area contributed by atoms with Crippen LogP contribution in [0, 0.1) is 11.6 Å². The number of carbonyl (C=O) groups is 1. The van der Waals surface area contributed by atoms with E-state index in [1.807, 2.05) is 17.5 Å². The van der Waals surface area contributed by atoms with Crippen molar-refractivity contribution in [3.8, 4) is 0 Å². The number of hydrogen-bond acceptors (Lipinski definition) is 4. The Labute approximate surface area is 178 Å². The third-order valence-electron chi connectivity index (χ3n) is 4.74. The number of benzene rings is 2. The number of carbonyl (C=O) groups excluding carboxylic acids is 1. The number of rotatable bonds is 7. The van der Waals surface area contributed by atoms with Gasteiger partial charge < -0.3 is 4.90 Å². The van der Waals surface area contributed by atoms with Crippen LogP contribution in [0.2, 0.25) is 0 Å². The van der Waals surface area contributed by atoms with Gasteiger partial charge in [0, 0.05) is 24.0 Å². The lowest BCUT2D eigenvalue weighted by Crippen LogP contribution is -2.30. The molecule has 1 atom stereocenters. The van der Waals surface area contributed by atoms with Gasteiger partial charge in [0.25, 0.3) is 5.91 Å². The Balaban J connectivity index is 1.78. The molecule has 1 aromatic heterocycles. The number of nitrogens with zero attached hydrogens (tertiary/aromatic N) is 1. The number of sulfonamides is 1. The molecule has 0 radical (unpaired) electrons. The smallest absolute Gasteiger partial charge is 0.254 e. The Morgan fingerprint density at radius 2 is 1.87 bits per heavy atom. The lowest BCUT2D eigenvalue weighted by Gasteiger charge is -2.25. The Kier molecular flexibility index (Phi) is 6.64. The van der Waals surface area contributed by atoms with Crippen LogP contribution >= 0.6 is 11.3 Å². The average Bonchev–Trinajstić information content (AvgIpc) is 3.26. The third-order valence-corrected chi connectivity index (χ3v) is 7.01. The minimum absolute atomic E-state index is 0.0289. The van der Waals surface area contributed by atoms with Crippen LogP contribution in [-0.2, 0) is 16.6 Å². The van der Waals surface area contributed by atoms with Crippen LogP contribution in [0.3, 0.4) is 0 Å². The van der Waals surface area contributed by atoms with Crippen molar-refractivity contribution in [2.75, 3.05) is 7.05 Å². The van der Waals surface area contributed by atoms with E-state index < -0.39 is 33.6 Å². The first kappa shape index (κ1) is 22.1. The summed E-state index contributed by atoms with van der Waals surface area (Å²) in [5.74, 6) is -2.40. The number of thiophene rings is 1. The van der Waals surface area contributed by atoms with Crippen LogP contribution < -0.4 is 4.72 Å². The van der Waals surface area contributed by atoms with Gasteiger partial charge in [0.1, 0.15) is 0 Å². The number of nitrogens with one attached hydrogen (secondary N) is 1. The molecule has 0 saturated carbocycles. The number of amides is 1. The molecule has 0 spiro atoms. The zero-order chi connectivity index (χ0) is 21.9. The largest absolute Gasteiger partial charge is 0.335 e. The van der Waals surface area contributed by atoms with Gasteiger partial charge in [-0.3, -0.25) is 4.79 Å². The molecular formula is C21H20F2N2O3S2. The van der Waals surface area contributed by atoms with Gasteiger partial charge in [-0.2, -0.15) is 0 Å². The summed E-state index contributed by atoms with van der Waals surface area (Å²) >= 11 is 1.44. The second-order valence-corrected chi connectivity index (χ2v) is 9.50. The molecule has 158 valence electrons. The van der Waals surface area contributed by atoms with E-state index >= 15 is 0 Å². The molecule has 5 nitrogen and oxygen atoms in total. The van der Waals surface area contributed by atoms with Crippen molar-refractivity contribution in [3.63, 3.8) is 0 Å². The summed E-state index contributed by atoms with van der Waals surface area (Å²) < 4.78 is 54.4. The van der Waals surface area contributed by atoms with Gasteiger partial charge in [-0.25, -0.2) is 21.9 Å². The van der Waals surface area contributed by atoms with Gasteiger partial charge in [0.05, 0.1) is 10.9 Å². The number of halogens is 2. The Hall–Kier alpha value is -2.62. The minimum Gasteiger partial charge on any atom is -0.335 e. The first-order valence-electron chi connectivity index (χ1n) is 9.03. The topological polar surface area (TPSA) is 66.5 Å². The zero-order valence-corrected chi connectivity index (χ0v) is 17.9. The molecule has 0 aliphatic heterocycles. The molecule has 0 bridgehead atoms. The molecule has 1 N–H and O–H groups in total. The molecule has 3 rings (SSSR count). The van der Waals surface area contributed by atoms with Crippen molar-refractivity contribution in [3.05, 3.63) is 87.6 Å². The lowest BCUT2D eigenvalue weighted by atomic mass is 10.1. The van der Waals surface area contributed by atoms with E-state index in [9.17, 15) is 22.0 Å². The van der Waals surface area contributed by atoms with Crippen molar-refractivity contribution in [1.82, 2.24) is 9.62 Å². The van der Waals surface area contributed by atoms with Crippen molar-refractivity contribution in [1.29, 1.82) is 0 Å². The van der Waals surface area contributed by atoms with Crippen LogP contribution in [0.5, 0.6) is 0 Å². The Morgan fingerprint density at radius 3 is 2.53 bits per heavy atom. The summed E-state index contributed by atoms with van der Waals surface area (Å²) in [6.45, 7) is 1.83. The molecule has 0 unspecified atom stereocenters. The van der Waals surface area contributed by atoms with Crippen LogP contribution in [0.4, 0.5) is 8.78 Å². The van der Waals surface area contributed by atoms with Crippen molar-refractivity contribution < 1.29 is 22.0 Å². The molecule has 1 amide bonds. The van der Waals surface area contributed by atoms with E-state index in [1.165, 1.54) is 53.6 Å². The SMILES string of the molecule is C[C@@H](c1ccc(F)c(F)c1)N(C)C(=O)c1cccc(S(=O)(=O)NCc2cccs2)c1. The quantitative estimate of drug-likeness (QED) is 0.582. The van der Waals surface area contributed by atoms with Gasteiger partial charge in [-0.1, -0.05) is 18.2 Å². The normalized spacial score (nSPS) is 12.5. The van der Waals surface area contributed by atoms with Gasteiger partial charge >= 0.3 is 0 Å². The van der Waals surface area contributed by atoms with Crippen LogP contribution in [0.25, 0.3) is 0 Å². The molecule has 1 heterocycles. The summed E-state index contributed by atoms with van der Waals surface area (Å²) in [6, 6.07) is 12.3. The van der Waals surface area contributed by atoms with E-state index in [2.05, 4.69) is 4.72 Å². The highest BCUT2D eigenvalue weighted by molar-refractivity contribution is 7.89. The maximum Gasteiger partial charge on any atom is 0.254 e. The second kappa shape index (κ2) is 9.03. The average molecular weight is 451 g/mol. The fourth-order valence-corrected chi connectivity index (χ4v) is 4.62. The predicted molar refractivity (Wildman–Crippen MR) is 112 cm³/mol. The van der Waals surface area contributed by atoms with Crippen LogP contribution in [0.15, 0.2) is 64.9 Å². The summed E-state index contributed by atoms with van der Waals surface area (Å²) in [5, 5.41) is 1.85. The Bertz CT molecular complexity index is 1150. The summed E-state index contributed by atoms with van der Waals surface area (Å²) in [6.07, 6.45) is 0. The summed E-state index contributed by atoms with van der Waals surface area (Å²) in [5.41, 5.74) is 0.595. The van der Waals surface area contributed by atoms with Crippen molar-refractivity contribution >= 4 is 27.3 Å². The molecule has 3 aromatic rings. The maximum atomic E-state index is 13.5. The number of hydrogen-bond donors (Lipinski definition) is 1. The Morgan fingerprint density at radius 1 is 1.10 bits per heavy atom. The van der Waals surface area contributed by atoms with E-state index in [0.717, 1.165) is 17.0 Å². The van der Waals surface area contributed by atoms with Gasteiger partial charge in [0.2, 0.25) is 10.0 Å². The summed E-state index contributed by atoms with van der Waals surface area (Å²) in [7, 11) is -2.29. The van der Waals surface area contributed by atoms with E-state index in [4.69, 9.17) is 0 Å². The van der Waals surface area contributed by atoms with E-state index in [-0.39, 0.29) is 17.0 Å². The highest BCUT2D eigenvalue weighted by Gasteiger charge is 2.22. The van der Waals surface area contributed by atoms with Gasteiger partial charge in [0.15, 0.2) is 11.6 Å². The highest BCUT2D eigenvalue weighted by atomic mass is 32.2. The molecule has 9 heteroatoms. The predicted octanol–water partition coefficient (Wildman–Crippen LogP) is 4.34. The molecule has 2 aromatic carbocycles. The van der Waals surface area contributed by atoms with Crippen molar-refractivity contribution in [2.24, 2.45) is 0 Å². The standard InChI is InChI=1S/C21H20F2N2O3S2/c1-14(15-8-9-19(22)20(23)12-15)25(2)21(26)16-5-3-7-18(11-16)30(27,28)24-13-17-6-4-10-29-17/h3-12,14,24H,13H2,1-2H3/t14-/m0/s1. The van der Waals surface area contributed by atoms with Gasteiger partial charge in [-0.15, -0.1) is 11.3 Å².